The standard InChI is InChI=1S/C30H36N4O4/c1-21(33-30(38)26(31)20-23-14-16-25(35)17-15-23)29(37)34-27-12-6-5-10-24(27)11-7-13-28(36)32-19-18-22-8-3-2-4-9-22/h2-6,8-10,12,14-17,21,26,35H,7,11,13,18-20,31H2,1H3,(H,32,36)(H,33,38)(H,34,37)/t21-,26-/m0/s1. The molecule has 3 amide bonds. The van der Waals surface area contributed by atoms with Crippen molar-refractivity contribution in [2.45, 2.75) is 51.1 Å². The Labute approximate surface area is 223 Å². The molecule has 0 aliphatic carbocycles. The SMILES string of the molecule is C[C@H](NC(=O)[C@@H](N)Cc1ccc(O)cc1)C(=O)Nc1ccccc1CCCC(=O)NCCc1ccccc1. The van der Waals surface area contributed by atoms with E-state index in [0.717, 1.165) is 17.5 Å². The maximum absolute atomic E-state index is 12.8. The van der Waals surface area contributed by atoms with Crippen LogP contribution in [0.5, 0.6) is 5.75 Å². The summed E-state index contributed by atoms with van der Waals surface area (Å²) < 4.78 is 0. The van der Waals surface area contributed by atoms with Crippen molar-refractivity contribution in [2.24, 2.45) is 5.73 Å². The monoisotopic (exact) mass is 516 g/mol. The summed E-state index contributed by atoms with van der Waals surface area (Å²) in [6.07, 6.45) is 2.73. The number of phenols is 1. The molecule has 0 unspecified atom stereocenters. The molecule has 0 aliphatic heterocycles. The Bertz CT molecular complexity index is 1200. The van der Waals surface area contributed by atoms with E-state index in [1.165, 1.54) is 17.7 Å². The average molecular weight is 517 g/mol. The number of nitrogens with one attached hydrogen (secondary N) is 3. The number of aromatic hydroxyl groups is 1. The summed E-state index contributed by atoms with van der Waals surface area (Å²) in [6.45, 7) is 2.20. The van der Waals surface area contributed by atoms with Crippen LogP contribution >= 0.6 is 0 Å². The zero-order valence-electron chi connectivity index (χ0n) is 21.7. The molecule has 0 bridgehead atoms. The fourth-order valence-corrected chi connectivity index (χ4v) is 3.98. The van der Waals surface area contributed by atoms with Crippen LogP contribution in [0.25, 0.3) is 0 Å². The lowest BCUT2D eigenvalue weighted by molar-refractivity contribution is -0.127. The van der Waals surface area contributed by atoms with Gasteiger partial charge >= 0.3 is 0 Å². The molecular formula is C30H36N4O4. The number of hydrogen-bond acceptors (Lipinski definition) is 5. The summed E-state index contributed by atoms with van der Waals surface area (Å²) in [5, 5.41) is 17.9. The van der Waals surface area contributed by atoms with Crippen LogP contribution in [-0.4, -0.2) is 41.5 Å². The van der Waals surface area contributed by atoms with Gasteiger partial charge in [0.25, 0.3) is 0 Å². The Hall–Kier alpha value is -4.17. The van der Waals surface area contributed by atoms with E-state index < -0.39 is 18.0 Å². The number of rotatable bonds is 13. The van der Waals surface area contributed by atoms with Gasteiger partial charge < -0.3 is 26.8 Å². The van der Waals surface area contributed by atoms with E-state index in [2.05, 4.69) is 16.0 Å². The van der Waals surface area contributed by atoms with E-state index >= 15 is 0 Å². The quantitative estimate of drug-likeness (QED) is 0.238. The van der Waals surface area contributed by atoms with Crippen LogP contribution < -0.4 is 21.7 Å². The highest BCUT2D eigenvalue weighted by molar-refractivity contribution is 5.98. The predicted molar refractivity (Wildman–Crippen MR) is 149 cm³/mol. The number of hydrogen-bond donors (Lipinski definition) is 5. The van der Waals surface area contributed by atoms with Gasteiger partial charge in [-0.2, -0.15) is 0 Å². The summed E-state index contributed by atoms with van der Waals surface area (Å²) in [6, 6.07) is 22.3. The molecule has 0 fully saturated rings. The van der Waals surface area contributed by atoms with Crippen LogP contribution in [0.4, 0.5) is 5.69 Å². The van der Waals surface area contributed by atoms with E-state index in [4.69, 9.17) is 5.73 Å². The summed E-state index contributed by atoms with van der Waals surface area (Å²) in [5.74, 6) is -0.657. The Morgan fingerprint density at radius 1 is 0.842 bits per heavy atom. The third-order valence-corrected chi connectivity index (χ3v) is 6.18. The number of carbonyl (C=O) groups is 3. The van der Waals surface area contributed by atoms with Gasteiger partial charge in [0.2, 0.25) is 17.7 Å². The molecule has 38 heavy (non-hydrogen) atoms. The highest BCUT2D eigenvalue weighted by Crippen LogP contribution is 2.18. The fraction of sp³-hybridized carbons (Fsp3) is 0.300. The lowest BCUT2D eigenvalue weighted by atomic mass is 10.0. The molecule has 0 aliphatic rings. The molecule has 0 spiro atoms. The van der Waals surface area contributed by atoms with Crippen LogP contribution in [0.1, 0.15) is 36.5 Å². The van der Waals surface area contributed by atoms with Crippen LogP contribution in [0.2, 0.25) is 0 Å². The zero-order valence-corrected chi connectivity index (χ0v) is 21.7. The number of amides is 3. The van der Waals surface area contributed by atoms with Gasteiger partial charge in [-0.3, -0.25) is 14.4 Å². The van der Waals surface area contributed by atoms with Crippen molar-refractivity contribution in [1.82, 2.24) is 10.6 Å². The summed E-state index contributed by atoms with van der Waals surface area (Å²) in [5.41, 5.74) is 9.57. The second-order valence-corrected chi connectivity index (χ2v) is 9.29. The van der Waals surface area contributed by atoms with Gasteiger partial charge in [-0.1, -0.05) is 60.7 Å². The molecule has 2 atom stereocenters. The largest absolute Gasteiger partial charge is 0.508 e. The molecular weight excluding hydrogens is 480 g/mol. The molecule has 0 heterocycles. The van der Waals surface area contributed by atoms with Crippen LogP contribution in [0, 0.1) is 0 Å². The van der Waals surface area contributed by atoms with Crippen LogP contribution in [0.3, 0.4) is 0 Å². The first kappa shape index (κ1) is 28.4. The second-order valence-electron chi connectivity index (χ2n) is 9.29. The normalized spacial score (nSPS) is 12.3. The van der Waals surface area contributed by atoms with Crippen molar-refractivity contribution in [1.29, 1.82) is 0 Å². The summed E-state index contributed by atoms with van der Waals surface area (Å²) >= 11 is 0. The number of benzene rings is 3. The second kappa shape index (κ2) is 14.5. The van der Waals surface area contributed by atoms with Gasteiger partial charge in [0, 0.05) is 18.7 Å². The molecule has 3 rings (SSSR count). The number of carbonyl (C=O) groups excluding carboxylic acids is 3. The molecule has 200 valence electrons. The number of aryl methyl sites for hydroxylation is 1. The average Bonchev–Trinajstić information content (AvgIpc) is 2.91. The summed E-state index contributed by atoms with van der Waals surface area (Å²) in [4.78, 5) is 37.5. The number of anilines is 1. The van der Waals surface area contributed by atoms with Crippen LogP contribution in [0.15, 0.2) is 78.9 Å². The van der Waals surface area contributed by atoms with Gasteiger partial charge in [0.15, 0.2) is 0 Å². The Kier molecular flexibility index (Phi) is 10.9. The van der Waals surface area contributed by atoms with Crippen molar-refractivity contribution in [2.75, 3.05) is 11.9 Å². The fourth-order valence-electron chi connectivity index (χ4n) is 3.98. The van der Waals surface area contributed by atoms with Crippen LogP contribution in [-0.2, 0) is 33.6 Å². The zero-order chi connectivity index (χ0) is 27.3. The molecule has 0 aromatic heterocycles. The minimum absolute atomic E-state index is 0.00225. The molecule has 0 radical (unpaired) electrons. The first-order chi connectivity index (χ1) is 18.3. The van der Waals surface area contributed by atoms with Crippen molar-refractivity contribution >= 4 is 23.4 Å². The predicted octanol–water partition coefficient (Wildman–Crippen LogP) is 3.09. The molecule has 3 aromatic carbocycles. The Morgan fingerprint density at radius 2 is 1.53 bits per heavy atom. The topological polar surface area (TPSA) is 134 Å². The van der Waals surface area contributed by atoms with Gasteiger partial charge in [-0.15, -0.1) is 0 Å². The lowest BCUT2D eigenvalue weighted by Crippen LogP contribution is -2.49. The van der Waals surface area contributed by atoms with Crippen molar-refractivity contribution in [3.63, 3.8) is 0 Å². The molecule has 8 nitrogen and oxygen atoms in total. The Morgan fingerprint density at radius 3 is 2.26 bits per heavy atom. The highest BCUT2D eigenvalue weighted by atomic mass is 16.3. The highest BCUT2D eigenvalue weighted by Gasteiger charge is 2.21. The van der Waals surface area contributed by atoms with E-state index in [1.807, 2.05) is 48.5 Å². The van der Waals surface area contributed by atoms with Crippen molar-refractivity contribution in [3.05, 3.63) is 95.6 Å². The number of nitrogens with two attached hydrogens (primary N) is 1. The molecule has 3 aromatic rings. The van der Waals surface area contributed by atoms with Gasteiger partial charge in [0.05, 0.1) is 6.04 Å². The first-order valence-electron chi connectivity index (χ1n) is 12.8. The van der Waals surface area contributed by atoms with E-state index in [1.54, 1.807) is 25.1 Å². The van der Waals surface area contributed by atoms with E-state index in [9.17, 15) is 19.5 Å². The van der Waals surface area contributed by atoms with Gasteiger partial charge in [-0.05, 0) is 67.5 Å². The lowest BCUT2D eigenvalue weighted by Gasteiger charge is -2.18. The molecule has 0 saturated heterocycles. The minimum Gasteiger partial charge on any atom is -0.508 e. The molecule has 6 N–H and O–H groups in total. The molecule has 8 heteroatoms. The maximum Gasteiger partial charge on any atom is 0.246 e. The Balaban J connectivity index is 1.42. The minimum atomic E-state index is -0.832. The van der Waals surface area contributed by atoms with Crippen molar-refractivity contribution < 1.29 is 19.5 Å². The first-order valence-corrected chi connectivity index (χ1v) is 12.8. The van der Waals surface area contributed by atoms with Gasteiger partial charge in [0.1, 0.15) is 11.8 Å². The number of para-hydroxylation sites is 1. The maximum atomic E-state index is 12.8. The third kappa shape index (κ3) is 9.37. The molecule has 0 saturated carbocycles. The third-order valence-electron chi connectivity index (χ3n) is 6.18. The number of phenolic OH excluding ortho intramolecular Hbond substituents is 1. The van der Waals surface area contributed by atoms with Gasteiger partial charge in [-0.25, -0.2) is 0 Å². The van der Waals surface area contributed by atoms with Crippen molar-refractivity contribution in [3.8, 4) is 5.75 Å². The van der Waals surface area contributed by atoms with E-state index in [0.29, 0.717) is 31.5 Å². The smallest absolute Gasteiger partial charge is 0.246 e. The van der Waals surface area contributed by atoms with E-state index in [-0.39, 0.29) is 24.0 Å². The summed E-state index contributed by atoms with van der Waals surface area (Å²) in [7, 11) is 0.